The van der Waals surface area contributed by atoms with Gasteiger partial charge in [-0.1, -0.05) is 24.0 Å². The van der Waals surface area contributed by atoms with Gasteiger partial charge in [0.2, 0.25) is 0 Å². The van der Waals surface area contributed by atoms with Crippen molar-refractivity contribution in [1.82, 2.24) is 9.47 Å². The molecule has 182 valence electrons. The Hall–Kier alpha value is -3.16. The lowest BCUT2D eigenvalue weighted by Crippen LogP contribution is -2.48. The molecule has 4 rings (SSSR count). The largest absolute Gasteiger partial charge is 0.368 e. The molecular formula is C25H26FN5O2S2. The Kier molecular flexibility index (Phi) is 7.28. The Morgan fingerprint density at radius 3 is 2.26 bits per heavy atom. The maximum Gasteiger partial charge on any atom is 0.270 e. The van der Waals surface area contributed by atoms with E-state index in [1.54, 1.807) is 34.6 Å². The summed E-state index contributed by atoms with van der Waals surface area (Å²) in [5.74, 6) is 0.266. The first-order valence-electron chi connectivity index (χ1n) is 11.5. The van der Waals surface area contributed by atoms with E-state index in [1.807, 2.05) is 13.8 Å². The number of amides is 1. The molecule has 0 saturated carbocycles. The van der Waals surface area contributed by atoms with E-state index < -0.39 is 0 Å². The molecule has 35 heavy (non-hydrogen) atoms. The van der Waals surface area contributed by atoms with E-state index in [1.165, 1.54) is 23.9 Å². The predicted molar refractivity (Wildman–Crippen MR) is 142 cm³/mol. The number of carbonyl (C=O) groups is 1. The Bertz CT molecular complexity index is 1310. The zero-order valence-electron chi connectivity index (χ0n) is 19.9. The van der Waals surface area contributed by atoms with Crippen LogP contribution in [0.25, 0.3) is 6.08 Å². The molecule has 2 aromatic rings. The Balaban J connectivity index is 1.77. The maximum atomic E-state index is 13.3. The molecule has 0 spiro atoms. The molecule has 2 fully saturated rings. The highest BCUT2D eigenvalue weighted by Crippen LogP contribution is 2.36. The van der Waals surface area contributed by atoms with Gasteiger partial charge in [-0.25, -0.2) is 4.39 Å². The molecule has 1 amide bonds. The molecule has 3 heterocycles. The Labute approximate surface area is 213 Å². The van der Waals surface area contributed by atoms with Crippen LogP contribution in [0.5, 0.6) is 0 Å². The van der Waals surface area contributed by atoms with Crippen LogP contribution in [-0.2, 0) is 11.3 Å². The van der Waals surface area contributed by atoms with E-state index >= 15 is 0 Å². The standard InChI is InChI=1S/C25H26FN5O2S2/c1-4-30-22(29-12-10-28(11-13-29)18-8-6-17(26)7-9-18)19(16(3)20(15-27)23(30)32)14-21-24(33)31(5-2)25(34)35-21/h6-9,14H,4-5,10-13H2,1-3H3. The van der Waals surface area contributed by atoms with E-state index in [2.05, 4.69) is 15.9 Å². The van der Waals surface area contributed by atoms with Gasteiger partial charge in [0.25, 0.3) is 11.5 Å². The van der Waals surface area contributed by atoms with Gasteiger partial charge in [0.15, 0.2) is 0 Å². The van der Waals surface area contributed by atoms with Crippen LogP contribution in [0, 0.1) is 24.1 Å². The fourth-order valence-electron chi connectivity index (χ4n) is 4.51. The number of benzene rings is 1. The van der Waals surface area contributed by atoms with Crippen LogP contribution < -0.4 is 15.4 Å². The van der Waals surface area contributed by atoms with Gasteiger partial charge in [-0.2, -0.15) is 5.26 Å². The SMILES string of the molecule is CCN1C(=O)C(=Cc2c(C)c(C#N)c(=O)n(CC)c2N2CCN(c3ccc(F)cc3)CC2)SC1=S. The van der Waals surface area contributed by atoms with Crippen LogP contribution in [-0.4, -0.2) is 52.4 Å². The van der Waals surface area contributed by atoms with Crippen LogP contribution in [0.15, 0.2) is 34.0 Å². The van der Waals surface area contributed by atoms with E-state index in [-0.39, 0.29) is 22.8 Å². The number of piperazine rings is 1. The molecule has 1 aromatic heterocycles. The number of hydrogen-bond donors (Lipinski definition) is 0. The number of likely N-dealkylation sites (N-methyl/N-ethyl adjacent to an activating group) is 1. The summed E-state index contributed by atoms with van der Waals surface area (Å²) in [6.07, 6.45) is 1.78. The first-order valence-corrected chi connectivity index (χ1v) is 12.7. The fourth-order valence-corrected chi connectivity index (χ4v) is 5.88. The van der Waals surface area contributed by atoms with Gasteiger partial charge in [-0.3, -0.25) is 19.1 Å². The fraction of sp³-hybridized carbons (Fsp3) is 0.360. The van der Waals surface area contributed by atoms with Crippen molar-refractivity contribution < 1.29 is 9.18 Å². The van der Waals surface area contributed by atoms with Crippen LogP contribution in [0.3, 0.4) is 0 Å². The molecule has 0 aliphatic carbocycles. The lowest BCUT2D eigenvalue weighted by atomic mass is 10.0. The summed E-state index contributed by atoms with van der Waals surface area (Å²) in [4.78, 5) is 32.4. The number of nitrogens with zero attached hydrogens (tertiary/aromatic N) is 5. The number of aromatic nitrogens is 1. The van der Waals surface area contributed by atoms with Gasteiger partial charge >= 0.3 is 0 Å². The van der Waals surface area contributed by atoms with Gasteiger partial charge in [-0.05, 0) is 56.7 Å². The monoisotopic (exact) mass is 511 g/mol. The molecule has 10 heteroatoms. The number of rotatable bonds is 5. The second-order valence-electron chi connectivity index (χ2n) is 8.27. The zero-order valence-corrected chi connectivity index (χ0v) is 21.5. The third kappa shape index (κ3) is 4.58. The maximum absolute atomic E-state index is 13.3. The zero-order chi connectivity index (χ0) is 25.3. The molecule has 0 atom stereocenters. The smallest absolute Gasteiger partial charge is 0.270 e. The molecule has 2 saturated heterocycles. The third-order valence-corrected chi connectivity index (χ3v) is 7.78. The van der Waals surface area contributed by atoms with Gasteiger partial charge in [0, 0.05) is 50.5 Å². The van der Waals surface area contributed by atoms with E-state index in [0.717, 1.165) is 5.69 Å². The average Bonchev–Trinajstić information content (AvgIpc) is 3.13. The number of hydrogen-bond acceptors (Lipinski definition) is 7. The minimum Gasteiger partial charge on any atom is -0.368 e. The quantitative estimate of drug-likeness (QED) is 0.447. The van der Waals surface area contributed by atoms with Crippen LogP contribution in [0.1, 0.15) is 30.5 Å². The van der Waals surface area contributed by atoms with Crippen molar-refractivity contribution in [2.75, 3.05) is 42.5 Å². The number of anilines is 2. The number of pyridine rings is 1. The molecule has 0 N–H and O–H groups in total. The van der Waals surface area contributed by atoms with Crippen molar-refractivity contribution in [2.24, 2.45) is 0 Å². The van der Waals surface area contributed by atoms with Gasteiger partial charge < -0.3 is 9.80 Å². The summed E-state index contributed by atoms with van der Waals surface area (Å²) < 4.78 is 15.5. The number of thioether (sulfide) groups is 1. The first kappa shape index (κ1) is 24.9. The van der Waals surface area contributed by atoms with Gasteiger partial charge in [0.05, 0.1) is 4.91 Å². The van der Waals surface area contributed by atoms with E-state index in [9.17, 15) is 19.2 Å². The number of carbonyl (C=O) groups excluding carboxylic acids is 1. The molecule has 0 bridgehead atoms. The lowest BCUT2D eigenvalue weighted by molar-refractivity contribution is -0.121. The predicted octanol–water partition coefficient (Wildman–Crippen LogP) is 3.74. The van der Waals surface area contributed by atoms with Crippen molar-refractivity contribution in [1.29, 1.82) is 5.26 Å². The van der Waals surface area contributed by atoms with Gasteiger partial charge in [0.1, 0.15) is 27.6 Å². The Morgan fingerprint density at radius 1 is 1.09 bits per heavy atom. The summed E-state index contributed by atoms with van der Waals surface area (Å²) in [5, 5.41) is 9.73. The molecule has 7 nitrogen and oxygen atoms in total. The normalized spacial score (nSPS) is 17.5. The minimum atomic E-state index is -0.332. The van der Waals surface area contributed by atoms with Crippen molar-refractivity contribution in [3.63, 3.8) is 0 Å². The molecular weight excluding hydrogens is 485 g/mol. The summed E-state index contributed by atoms with van der Waals surface area (Å²) in [5.41, 5.74) is 1.94. The van der Waals surface area contributed by atoms with Crippen LogP contribution in [0.4, 0.5) is 15.9 Å². The summed E-state index contributed by atoms with van der Waals surface area (Å²) in [6.45, 7) is 8.98. The van der Waals surface area contributed by atoms with E-state index in [0.29, 0.717) is 65.4 Å². The van der Waals surface area contributed by atoms with Crippen molar-refractivity contribution >= 4 is 51.8 Å². The average molecular weight is 512 g/mol. The lowest BCUT2D eigenvalue weighted by Gasteiger charge is -2.39. The molecule has 0 unspecified atom stereocenters. The molecule has 2 aliphatic rings. The Morgan fingerprint density at radius 2 is 1.71 bits per heavy atom. The number of halogens is 1. The van der Waals surface area contributed by atoms with Crippen molar-refractivity contribution in [2.45, 2.75) is 27.3 Å². The number of nitriles is 1. The summed E-state index contributed by atoms with van der Waals surface area (Å²) in [7, 11) is 0. The van der Waals surface area contributed by atoms with Crippen molar-refractivity contribution in [3.8, 4) is 6.07 Å². The van der Waals surface area contributed by atoms with Crippen molar-refractivity contribution in [3.05, 3.63) is 62.0 Å². The second kappa shape index (κ2) is 10.2. The van der Waals surface area contributed by atoms with Crippen LogP contribution in [0.2, 0.25) is 0 Å². The van der Waals surface area contributed by atoms with Gasteiger partial charge in [-0.15, -0.1) is 0 Å². The second-order valence-corrected chi connectivity index (χ2v) is 9.95. The highest BCUT2D eigenvalue weighted by molar-refractivity contribution is 8.26. The molecule has 1 aromatic carbocycles. The first-order chi connectivity index (χ1) is 16.8. The van der Waals surface area contributed by atoms with Crippen LogP contribution >= 0.6 is 24.0 Å². The van der Waals surface area contributed by atoms with E-state index in [4.69, 9.17) is 12.2 Å². The summed E-state index contributed by atoms with van der Waals surface area (Å²) in [6, 6.07) is 8.49. The number of thiocarbonyl (C=S) groups is 1. The molecule has 2 aliphatic heterocycles. The summed E-state index contributed by atoms with van der Waals surface area (Å²) >= 11 is 6.60. The highest BCUT2D eigenvalue weighted by Gasteiger charge is 2.32. The highest BCUT2D eigenvalue weighted by atomic mass is 32.2. The minimum absolute atomic E-state index is 0.0813. The topological polar surface area (TPSA) is 72.6 Å². The third-order valence-electron chi connectivity index (χ3n) is 6.40. The molecule has 0 radical (unpaired) electrons.